The second-order valence-electron chi connectivity index (χ2n) is 6.28. The van der Waals surface area contributed by atoms with E-state index >= 15 is 0 Å². The van der Waals surface area contributed by atoms with Gasteiger partial charge in [-0.25, -0.2) is 4.79 Å². The molecule has 0 saturated carbocycles. The van der Waals surface area contributed by atoms with E-state index in [1.165, 1.54) is 0 Å². The van der Waals surface area contributed by atoms with E-state index in [4.69, 9.17) is 4.74 Å². The summed E-state index contributed by atoms with van der Waals surface area (Å²) in [4.78, 5) is 12.7. The zero-order valence-corrected chi connectivity index (χ0v) is 16.5. The molecule has 0 fully saturated rings. The van der Waals surface area contributed by atoms with Crippen molar-refractivity contribution in [3.63, 3.8) is 0 Å². The highest BCUT2D eigenvalue weighted by atomic mass is 16.5. The number of fused-ring (bicyclic) bond motifs is 1. The number of benzene rings is 1. The van der Waals surface area contributed by atoms with Crippen LogP contribution in [-0.2, 0) is 11.8 Å². The number of aryl methyl sites for hydroxylation is 1. The molecule has 0 aliphatic heterocycles. The fourth-order valence-electron chi connectivity index (χ4n) is 3.01. The number of rotatable bonds is 8. The molecular weight excluding hydrogens is 324 g/mol. The van der Waals surface area contributed by atoms with Gasteiger partial charge in [0.2, 0.25) is 0 Å². The second kappa shape index (κ2) is 9.27. The van der Waals surface area contributed by atoms with Crippen LogP contribution >= 0.6 is 0 Å². The Labute approximate surface area is 156 Å². The monoisotopic (exact) mass is 354 g/mol. The average molecular weight is 354 g/mol. The number of nitrogens with zero attached hydrogens (tertiary/aromatic N) is 2. The Kier molecular flexibility index (Phi) is 7.07. The van der Waals surface area contributed by atoms with Crippen LogP contribution in [0.5, 0.6) is 0 Å². The molecule has 0 bridgehead atoms. The van der Waals surface area contributed by atoms with Gasteiger partial charge in [0.15, 0.2) is 0 Å². The fraction of sp³-hybridized carbons (Fsp3) is 0.409. The van der Waals surface area contributed by atoms with E-state index in [2.05, 4.69) is 26.8 Å². The minimum atomic E-state index is -0.0501. The topological polar surface area (TPSA) is 36.2 Å². The summed E-state index contributed by atoms with van der Waals surface area (Å²) >= 11 is 0. The van der Waals surface area contributed by atoms with Crippen LogP contribution in [0.15, 0.2) is 59.1 Å². The quantitative estimate of drug-likeness (QED) is 0.479. The number of hydrogen-bond acceptors (Lipinski definition) is 2. The Morgan fingerprint density at radius 3 is 2.35 bits per heavy atom. The standard InChI is InChI=1S/C22H30N2O2/c1-6-12-19(26-18(8-3)9-4)16-15-17(7-2)24-21-14-11-10-13-20(21)23(5)22(24)25/h7,10-16,18H,6,8-9H2,1-5H3/b16-15-,17-7+,19-12+. The van der Waals surface area contributed by atoms with Crippen molar-refractivity contribution >= 4 is 16.7 Å². The maximum Gasteiger partial charge on any atom is 0.333 e. The Balaban J connectivity index is 2.41. The van der Waals surface area contributed by atoms with Crippen molar-refractivity contribution in [2.24, 2.45) is 7.05 Å². The molecule has 140 valence electrons. The lowest BCUT2D eigenvalue weighted by molar-refractivity contribution is 0.117. The van der Waals surface area contributed by atoms with Gasteiger partial charge in [-0.2, -0.15) is 0 Å². The highest BCUT2D eigenvalue weighted by Crippen LogP contribution is 2.18. The highest BCUT2D eigenvalue weighted by molar-refractivity contribution is 5.81. The predicted octanol–water partition coefficient (Wildman–Crippen LogP) is 5.26. The van der Waals surface area contributed by atoms with Gasteiger partial charge in [-0.05, 0) is 56.5 Å². The maximum atomic E-state index is 12.7. The first-order valence-corrected chi connectivity index (χ1v) is 9.45. The number of allylic oxidation sites excluding steroid dienone is 5. The second-order valence-corrected chi connectivity index (χ2v) is 6.28. The summed E-state index contributed by atoms with van der Waals surface area (Å²) < 4.78 is 9.52. The van der Waals surface area contributed by atoms with E-state index in [0.29, 0.717) is 0 Å². The molecule has 1 aromatic heterocycles. The van der Waals surface area contributed by atoms with Crippen molar-refractivity contribution in [3.05, 3.63) is 64.8 Å². The molecule has 0 aliphatic rings. The third-order valence-corrected chi connectivity index (χ3v) is 4.55. The van der Waals surface area contributed by atoms with Gasteiger partial charge < -0.3 is 4.74 Å². The van der Waals surface area contributed by atoms with E-state index in [1.807, 2.05) is 49.4 Å². The van der Waals surface area contributed by atoms with Crippen LogP contribution in [0.25, 0.3) is 16.7 Å². The molecule has 0 saturated heterocycles. The molecule has 2 rings (SSSR count). The molecule has 0 unspecified atom stereocenters. The lowest BCUT2D eigenvalue weighted by atomic mass is 10.2. The fourth-order valence-corrected chi connectivity index (χ4v) is 3.01. The number of ether oxygens (including phenoxy) is 1. The Bertz CT molecular complexity index is 877. The van der Waals surface area contributed by atoms with Crippen LogP contribution in [0.4, 0.5) is 0 Å². The SMILES string of the molecule is C\C=C(/C=C\C(=C/CC)OC(CC)CC)n1c(=O)n(C)c2ccccc21. The van der Waals surface area contributed by atoms with Gasteiger partial charge in [0.05, 0.1) is 17.1 Å². The van der Waals surface area contributed by atoms with E-state index in [-0.39, 0.29) is 11.8 Å². The molecule has 1 heterocycles. The smallest absolute Gasteiger partial charge is 0.333 e. The average Bonchev–Trinajstić information content (AvgIpc) is 2.92. The van der Waals surface area contributed by atoms with Gasteiger partial charge in [0.25, 0.3) is 0 Å². The molecule has 0 radical (unpaired) electrons. The number of hydrogen-bond donors (Lipinski definition) is 0. The van der Waals surface area contributed by atoms with Crippen molar-refractivity contribution in [3.8, 4) is 0 Å². The first kappa shape index (κ1) is 19.8. The minimum absolute atomic E-state index is 0.0501. The maximum absolute atomic E-state index is 12.7. The van der Waals surface area contributed by atoms with Crippen molar-refractivity contribution in [2.45, 2.75) is 53.1 Å². The van der Waals surface area contributed by atoms with Gasteiger partial charge in [0, 0.05) is 12.7 Å². The first-order chi connectivity index (χ1) is 12.6. The Morgan fingerprint density at radius 2 is 1.77 bits per heavy atom. The van der Waals surface area contributed by atoms with Crippen LogP contribution in [0.3, 0.4) is 0 Å². The largest absolute Gasteiger partial charge is 0.491 e. The van der Waals surface area contributed by atoms with Crippen molar-refractivity contribution < 1.29 is 4.74 Å². The van der Waals surface area contributed by atoms with E-state index in [1.54, 1.807) is 16.2 Å². The zero-order valence-electron chi connectivity index (χ0n) is 16.5. The van der Waals surface area contributed by atoms with Gasteiger partial charge in [0.1, 0.15) is 5.76 Å². The number of aromatic nitrogens is 2. The Hall–Kier alpha value is -2.49. The molecule has 0 amide bonds. The molecular formula is C22H30N2O2. The minimum Gasteiger partial charge on any atom is -0.491 e. The zero-order chi connectivity index (χ0) is 19.1. The van der Waals surface area contributed by atoms with Crippen molar-refractivity contribution in [1.82, 2.24) is 9.13 Å². The molecule has 0 atom stereocenters. The summed E-state index contributed by atoms with van der Waals surface area (Å²) in [6, 6.07) is 7.83. The highest BCUT2D eigenvalue weighted by Gasteiger charge is 2.12. The van der Waals surface area contributed by atoms with Crippen molar-refractivity contribution in [2.75, 3.05) is 0 Å². The van der Waals surface area contributed by atoms with Crippen LogP contribution in [0.2, 0.25) is 0 Å². The summed E-state index contributed by atoms with van der Waals surface area (Å²) in [7, 11) is 1.80. The van der Waals surface area contributed by atoms with E-state index < -0.39 is 0 Å². The Morgan fingerprint density at radius 1 is 1.12 bits per heavy atom. The summed E-state index contributed by atoms with van der Waals surface area (Å²) in [5, 5.41) is 0. The lowest BCUT2D eigenvalue weighted by Gasteiger charge is -2.16. The van der Waals surface area contributed by atoms with Crippen molar-refractivity contribution in [1.29, 1.82) is 0 Å². The molecule has 0 spiro atoms. The molecule has 4 heteroatoms. The molecule has 2 aromatic rings. The summed E-state index contributed by atoms with van der Waals surface area (Å²) in [5.74, 6) is 0.855. The summed E-state index contributed by atoms with van der Waals surface area (Å²) in [6.07, 6.45) is 11.0. The molecule has 4 nitrogen and oxygen atoms in total. The number of imidazole rings is 1. The molecule has 0 aliphatic carbocycles. The third-order valence-electron chi connectivity index (χ3n) is 4.55. The first-order valence-electron chi connectivity index (χ1n) is 9.45. The lowest BCUT2D eigenvalue weighted by Crippen LogP contribution is -2.21. The van der Waals surface area contributed by atoms with E-state index in [9.17, 15) is 4.79 Å². The van der Waals surface area contributed by atoms with Crippen LogP contribution in [-0.4, -0.2) is 15.2 Å². The summed E-state index contributed by atoms with van der Waals surface area (Å²) in [6.45, 7) is 8.30. The molecule has 26 heavy (non-hydrogen) atoms. The number of para-hydroxylation sites is 2. The van der Waals surface area contributed by atoms with Gasteiger partial charge in [-0.3, -0.25) is 9.13 Å². The van der Waals surface area contributed by atoms with Gasteiger partial charge in [-0.1, -0.05) is 39.0 Å². The van der Waals surface area contributed by atoms with E-state index in [0.717, 1.165) is 41.8 Å². The van der Waals surface area contributed by atoms with Gasteiger partial charge >= 0.3 is 5.69 Å². The normalized spacial score (nSPS) is 13.3. The predicted molar refractivity (Wildman–Crippen MR) is 110 cm³/mol. The summed E-state index contributed by atoms with van der Waals surface area (Å²) in [5.41, 5.74) is 2.61. The van der Waals surface area contributed by atoms with Crippen LogP contribution < -0.4 is 5.69 Å². The molecule has 1 aromatic carbocycles. The third kappa shape index (κ3) is 4.18. The van der Waals surface area contributed by atoms with Gasteiger partial charge in [-0.15, -0.1) is 0 Å². The van der Waals surface area contributed by atoms with Crippen LogP contribution in [0, 0.1) is 0 Å². The van der Waals surface area contributed by atoms with Crippen LogP contribution in [0.1, 0.15) is 47.0 Å². The molecule has 0 N–H and O–H groups in total.